The van der Waals surface area contributed by atoms with Crippen molar-refractivity contribution >= 4 is 17.6 Å². The van der Waals surface area contributed by atoms with Gasteiger partial charge in [0.2, 0.25) is 11.8 Å². The first-order valence-corrected chi connectivity index (χ1v) is 8.16. The average molecular weight is 324 g/mol. The van der Waals surface area contributed by atoms with Crippen LogP contribution in [0.15, 0.2) is 6.20 Å². The van der Waals surface area contributed by atoms with Crippen molar-refractivity contribution in [1.29, 1.82) is 0 Å². The van der Waals surface area contributed by atoms with E-state index in [4.69, 9.17) is 0 Å². The lowest BCUT2D eigenvalue weighted by molar-refractivity contribution is -0.122. The maximum atomic E-state index is 11.8. The minimum atomic E-state index is -0.130. The molecule has 0 saturated heterocycles. The van der Waals surface area contributed by atoms with Crippen LogP contribution in [0.25, 0.3) is 0 Å². The van der Waals surface area contributed by atoms with Crippen LogP contribution in [0.2, 0.25) is 0 Å². The molecule has 0 fully saturated rings. The zero-order valence-corrected chi connectivity index (χ0v) is 14.5. The lowest BCUT2D eigenvalue weighted by Gasteiger charge is -2.17. The summed E-state index contributed by atoms with van der Waals surface area (Å²) >= 11 is 0. The van der Waals surface area contributed by atoms with E-state index in [2.05, 4.69) is 39.7 Å². The molecule has 0 bridgehead atoms. The molecule has 23 heavy (non-hydrogen) atoms. The molecule has 2 amide bonds. The lowest BCUT2D eigenvalue weighted by Crippen LogP contribution is -2.31. The van der Waals surface area contributed by atoms with Gasteiger partial charge in [0, 0.05) is 12.5 Å². The summed E-state index contributed by atoms with van der Waals surface area (Å²) in [4.78, 5) is 25.7. The van der Waals surface area contributed by atoms with Gasteiger partial charge in [0.25, 0.3) is 0 Å². The summed E-state index contributed by atoms with van der Waals surface area (Å²) in [5.74, 6) is -0.0126. The van der Waals surface area contributed by atoms with Gasteiger partial charge in [0.1, 0.15) is 6.54 Å². The first-order valence-electron chi connectivity index (χ1n) is 8.16. The Bertz CT molecular complexity index is 496. The first kappa shape index (κ1) is 19.1. The summed E-state index contributed by atoms with van der Waals surface area (Å²) in [6.45, 7) is 11.6. The van der Waals surface area contributed by atoms with Crippen molar-refractivity contribution in [3.63, 3.8) is 0 Å². The van der Waals surface area contributed by atoms with E-state index in [1.54, 1.807) is 20.0 Å². The third kappa shape index (κ3) is 7.23. The van der Waals surface area contributed by atoms with E-state index >= 15 is 0 Å². The topological polar surface area (TPSA) is 92.2 Å². The second kappa shape index (κ2) is 9.94. The largest absolute Gasteiger partial charge is 0.354 e. The number of rotatable bonds is 10. The zero-order chi connectivity index (χ0) is 17.2. The Morgan fingerprint density at radius 1 is 1.30 bits per heavy atom. The van der Waals surface area contributed by atoms with Crippen LogP contribution in [-0.4, -0.2) is 57.9 Å². The highest BCUT2D eigenvalue weighted by molar-refractivity contribution is 5.90. The van der Waals surface area contributed by atoms with Crippen LogP contribution >= 0.6 is 0 Å². The van der Waals surface area contributed by atoms with E-state index in [1.165, 1.54) is 4.68 Å². The second-order valence-electron chi connectivity index (χ2n) is 5.68. The normalized spacial score (nSPS) is 11.0. The SMILES string of the molecule is CCN(CC)CCCNC(=O)Cn1cc(NC(=O)C(C)C)nn1. The van der Waals surface area contributed by atoms with Crippen LogP contribution in [0, 0.1) is 5.92 Å². The minimum Gasteiger partial charge on any atom is -0.354 e. The summed E-state index contributed by atoms with van der Waals surface area (Å²) in [5.41, 5.74) is 0. The number of hydrogen-bond acceptors (Lipinski definition) is 5. The molecule has 0 unspecified atom stereocenters. The highest BCUT2D eigenvalue weighted by Crippen LogP contribution is 2.03. The molecule has 1 aromatic rings. The summed E-state index contributed by atoms with van der Waals surface area (Å²) in [7, 11) is 0. The van der Waals surface area contributed by atoms with Gasteiger partial charge in [-0.2, -0.15) is 0 Å². The number of hydrogen-bond donors (Lipinski definition) is 2. The van der Waals surface area contributed by atoms with Gasteiger partial charge in [-0.05, 0) is 26.1 Å². The van der Waals surface area contributed by atoms with E-state index in [9.17, 15) is 9.59 Å². The van der Waals surface area contributed by atoms with Crippen molar-refractivity contribution in [2.75, 3.05) is 31.5 Å². The van der Waals surface area contributed by atoms with Crippen LogP contribution in [-0.2, 0) is 16.1 Å². The highest BCUT2D eigenvalue weighted by Gasteiger charge is 2.11. The molecule has 1 aromatic heterocycles. The van der Waals surface area contributed by atoms with Crippen LogP contribution in [0.5, 0.6) is 0 Å². The quantitative estimate of drug-likeness (QED) is 0.619. The Morgan fingerprint density at radius 2 is 2.00 bits per heavy atom. The number of nitrogens with one attached hydrogen (secondary N) is 2. The van der Waals surface area contributed by atoms with Crippen LogP contribution in [0.3, 0.4) is 0 Å². The molecule has 0 atom stereocenters. The smallest absolute Gasteiger partial charge is 0.241 e. The van der Waals surface area contributed by atoms with Gasteiger partial charge in [0.05, 0.1) is 6.20 Å². The maximum absolute atomic E-state index is 11.8. The molecule has 0 aromatic carbocycles. The molecular weight excluding hydrogens is 296 g/mol. The van der Waals surface area contributed by atoms with Crippen molar-refractivity contribution in [2.45, 2.75) is 40.7 Å². The zero-order valence-electron chi connectivity index (χ0n) is 14.5. The highest BCUT2D eigenvalue weighted by atomic mass is 16.2. The molecule has 0 radical (unpaired) electrons. The van der Waals surface area contributed by atoms with Gasteiger partial charge >= 0.3 is 0 Å². The van der Waals surface area contributed by atoms with Gasteiger partial charge in [-0.1, -0.05) is 32.9 Å². The predicted octanol–water partition coefficient (Wildman–Crippen LogP) is 0.721. The molecular formula is C15H28N6O2. The van der Waals surface area contributed by atoms with Gasteiger partial charge in [-0.25, -0.2) is 4.68 Å². The fourth-order valence-corrected chi connectivity index (χ4v) is 1.98. The number of aromatic nitrogens is 3. The van der Waals surface area contributed by atoms with Gasteiger partial charge < -0.3 is 15.5 Å². The third-order valence-electron chi connectivity index (χ3n) is 3.49. The fraction of sp³-hybridized carbons (Fsp3) is 0.733. The molecule has 1 heterocycles. The summed E-state index contributed by atoms with van der Waals surface area (Å²) in [6, 6.07) is 0. The van der Waals surface area contributed by atoms with E-state index < -0.39 is 0 Å². The van der Waals surface area contributed by atoms with Crippen LogP contribution in [0.4, 0.5) is 5.82 Å². The monoisotopic (exact) mass is 324 g/mol. The molecule has 0 aliphatic carbocycles. The Morgan fingerprint density at radius 3 is 2.61 bits per heavy atom. The number of anilines is 1. The Kier molecular flexibility index (Phi) is 8.25. The predicted molar refractivity (Wildman–Crippen MR) is 88.9 cm³/mol. The van der Waals surface area contributed by atoms with Gasteiger partial charge in [-0.3, -0.25) is 9.59 Å². The average Bonchev–Trinajstić information content (AvgIpc) is 2.94. The standard InChI is InChI=1S/C15H28N6O2/c1-5-20(6-2)9-7-8-16-14(22)11-21-10-13(18-19-21)17-15(23)12(3)4/h10,12H,5-9,11H2,1-4H3,(H,16,22)(H,17,23). The van der Waals surface area contributed by atoms with E-state index in [0.29, 0.717) is 12.4 Å². The van der Waals surface area contributed by atoms with Crippen molar-refractivity contribution < 1.29 is 9.59 Å². The van der Waals surface area contributed by atoms with E-state index in [-0.39, 0.29) is 24.3 Å². The van der Waals surface area contributed by atoms with Gasteiger partial charge in [-0.15, -0.1) is 5.10 Å². The van der Waals surface area contributed by atoms with E-state index in [1.807, 2.05) is 0 Å². The molecule has 0 saturated carbocycles. The number of nitrogens with zero attached hydrogens (tertiary/aromatic N) is 4. The molecule has 8 nitrogen and oxygen atoms in total. The molecule has 130 valence electrons. The van der Waals surface area contributed by atoms with Gasteiger partial charge in [0.15, 0.2) is 5.82 Å². The molecule has 8 heteroatoms. The maximum Gasteiger partial charge on any atom is 0.241 e. The summed E-state index contributed by atoms with van der Waals surface area (Å²) < 4.78 is 1.41. The van der Waals surface area contributed by atoms with E-state index in [0.717, 1.165) is 26.1 Å². The third-order valence-corrected chi connectivity index (χ3v) is 3.49. The van der Waals surface area contributed by atoms with Crippen LogP contribution < -0.4 is 10.6 Å². The minimum absolute atomic E-state index is 0.0931. The Hall–Kier alpha value is -1.96. The number of amides is 2. The second-order valence-corrected chi connectivity index (χ2v) is 5.68. The number of carbonyl (C=O) groups is 2. The van der Waals surface area contributed by atoms with Crippen molar-refractivity contribution in [2.24, 2.45) is 5.92 Å². The fourth-order valence-electron chi connectivity index (χ4n) is 1.98. The van der Waals surface area contributed by atoms with Crippen molar-refractivity contribution in [3.8, 4) is 0 Å². The molecule has 1 rings (SSSR count). The first-order chi connectivity index (χ1) is 11.0. The molecule has 0 aliphatic heterocycles. The van der Waals surface area contributed by atoms with Crippen LogP contribution in [0.1, 0.15) is 34.1 Å². The summed E-state index contributed by atoms with van der Waals surface area (Å²) in [5, 5.41) is 13.2. The Balaban J connectivity index is 2.29. The van der Waals surface area contributed by atoms with Crippen molar-refractivity contribution in [3.05, 3.63) is 6.20 Å². The van der Waals surface area contributed by atoms with Crippen molar-refractivity contribution in [1.82, 2.24) is 25.2 Å². The molecule has 0 spiro atoms. The number of carbonyl (C=O) groups excluding carboxylic acids is 2. The summed E-state index contributed by atoms with van der Waals surface area (Å²) in [6.07, 6.45) is 2.47. The molecule has 0 aliphatic rings. The molecule has 2 N–H and O–H groups in total. The lowest BCUT2D eigenvalue weighted by atomic mass is 10.2. The Labute approximate surface area is 137 Å².